The molecule has 1 aromatic heterocycles. The Balaban J connectivity index is 1.69. The summed E-state index contributed by atoms with van der Waals surface area (Å²) < 4.78 is 18.1. The number of carbonyl (C=O) groups is 1. The van der Waals surface area contributed by atoms with Crippen LogP contribution in [0.15, 0.2) is 54.8 Å². The van der Waals surface area contributed by atoms with E-state index in [2.05, 4.69) is 22.5 Å². The minimum absolute atomic E-state index is 0.439. The van der Waals surface area contributed by atoms with E-state index in [9.17, 15) is 10.1 Å². The summed E-state index contributed by atoms with van der Waals surface area (Å²) in [5.74, 6) is 1.19. The van der Waals surface area contributed by atoms with E-state index in [1.165, 1.54) is 0 Å². The average Bonchev–Trinajstić information content (AvgIpc) is 3.33. The number of fused-ring (bicyclic) bond motifs is 1. The number of carbonyl (C=O) groups excluding carboxylic acids is 1. The van der Waals surface area contributed by atoms with Gasteiger partial charge >= 0.3 is 6.09 Å². The van der Waals surface area contributed by atoms with Gasteiger partial charge in [-0.1, -0.05) is 18.7 Å². The van der Waals surface area contributed by atoms with Crippen molar-refractivity contribution < 1.29 is 19.0 Å². The summed E-state index contributed by atoms with van der Waals surface area (Å²) in [5, 5.41) is 13.5. The lowest BCUT2D eigenvalue weighted by molar-refractivity contribution is 0.125. The molecule has 2 aromatic carbocycles. The van der Waals surface area contributed by atoms with Gasteiger partial charge in [0.15, 0.2) is 6.10 Å². The molecule has 1 amide bonds. The van der Waals surface area contributed by atoms with Crippen LogP contribution in [0.3, 0.4) is 0 Å². The number of nitrogens with zero attached hydrogens (tertiary/aromatic N) is 2. The third-order valence-corrected chi connectivity index (χ3v) is 5.36. The van der Waals surface area contributed by atoms with E-state index in [1.54, 1.807) is 13.2 Å². The van der Waals surface area contributed by atoms with Crippen molar-refractivity contribution in [2.45, 2.75) is 26.0 Å². The van der Waals surface area contributed by atoms with Crippen LogP contribution in [0, 0.1) is 11.3 Å². The van der Waals surface area contributed by atoms with Crippen molar-refractivity contribution >= 4 is 22.7 Å². The third kappa shape index (κ3) is 3.80. The first-order valence-electron chi connectivity index (χ1n) is 10.1. The summed E-state index contributed by atoms with van der Waals surface area (Å²) in [6.45, 7) is 6.94. The first kappa shape index (κ1) is 20.4. The molecular formula is C24H23N3O4. The monoisotopic (exact) mass is 417 g/mol. The number of anilines is 1. The zero-order valence-electron chi connectivity index (χ0n) is 17.5. The lowest BCUT2D eigenvalue weighted by Gasteiger charge is -2.13. The summed E-state index contributed by atoms with van der Waals surface area (Å²) in [6.07, 6.45) is -0.418. The van der Waals surface area contributed by atoms with Crippen LogP contribution in [-0.4, -0.2) is 30.5 Å². The molecule has 1 fully saturated rings. The van der Waals surface area contributed by atoms with Crippen LogP contribution in [0.2, 0.25) is 0 Å². The molecule has 1 N–H and O–H groups in total. The average molecular weight is 417 g/mol. The second-order valence-corrected chi connectivity index (χ2v) is 7.17. The fraction of sp³-hybridized carbons (Fsp3) is 0.250. The Labute approximate surface area is 180 Å². The van der Waals surface area contributed by atoms with Gasteiger partial charge in [-0.05, 0) is 31.2 Å². The topological polar surface area (TPSA) is 85.5 Å². The van der Waals surface area contributed by atoms with Crippen molar-refractivity contribution in [3.63, 3.8) is 0 Å². The second-order valence-electron chi connectivity index (χ2n) is 7.17. The van der Waals surface area contributed by atoms with E-state index in [0.717, 1.165) is 27.9 Å². The Hall–Kier alpha value is -3.92. The van der Waals surface area contributed by atoms with Crippen molar-refractivity contribution in [2.75, 3.05) is 19.0 Å². The Morgan fingerprint density at radius 1 is 1.35 bits per heavy atom. The van der Waals surface area contributed by atoms with Crippen LogP contribution in [0.4, 0.5) is 10.5 Å². The fourth-order valence-corrected chi connectivity index (χ4v) is 3.89. The fourth-order valence-electron chi connectivity index (χ4n) is 3.89. The lowest BCUT2D eigenvalue weighted by atomic mass is 10.1. The van der Waals surface area contributed by atoms with Gasteiger partial charge in [-0.25, -0.2) is 4.79 Å². The standard InChI is InChI=1S/C24H23N3O4/c1-4-27-21-13-18(29-3)8-9-19(21)20(14-25)23(27)16-6-5-7-17(12-16)26-24(28)31-22-10-11-30-15(22)2/h5-9,12-13,22H,2,4,10-11H2,1,3H3,(H,26,28). The number of ether oxygens (including phenoxy) is 3. The summed E-state index contributed by atoms with van der Waals surface area (Å²) >= 11 is 0. The first-order chi connectivity index (χ1) is 15.0. The highest BCUT2D eigenvalue weighted by molar-refractivity contribution is 5.96. The van der Waals surface area contributed by atoms with Gasteiger partial charge in [0.2, 0.25) is 0 Å². The van der Waals surface area contributed by atoms with Crippen LogP contribution in [-0.2, 0) is 16.0 Å². The molecule has 0 spiro atoms. The quantitative estimate of drug-likeness (QED) is 0.627. The van der Waals surface area contributed by atoms with Crippen molar-refractivity contribution in [3.8, 4) is 23.1 Å². The summed E-state index contributed by atoms with van der Waals surface area (Å²) in [4.78, 5) is 12.3. The minimum atomic E-state index is -0.574. The SMILES string of the molecule is C=C1OCCC1OC(=O)Nc1cccc(-c2c(C#N)c3ccc(OC)cc3n2CC)c1. The van der Waals surface area contributed by atoms with Gasteiger partial charge in [-0.15, -0.1) is 0 Å². The number of hydrogen-bond acceptors (Lipinski definition) is 5. The minimum Gasteiger partial charge on any atom is -0.497 e. The van der Waals surface area contributed by atoms with Crippen molar-refractivity contribution in [3.05, 3.63) is 60.4 Å². The third-order valence-electron chi connectivity index (χ3n) is 5.36. The van der Waals surface area contributed by atoms with E-state index in [-0.39, 0.29) is 0 Å². The molecule has 1 atom stereocenters. The molecule has 4 rings (SSSR count). The van der Waals surface area contributed by atoms with E-state index in [4.69, 9.17) is 14.2 Å². The molecule has 158 valence electrons. The molecule has 1 aliphatic heterocycles. The van der Waals surface area contributed by atoms with Gasteiger partial charge in [0, 0.05) is 35.7 Å². The number of aromatic nitrogens is 1. The number of nitriles is 1. The van der Waals surface area contributed by atoms with Crippen LogP contribution in [0.25, 0.3) is 22.2 Å². The molecule has 2 heterocycles. The van der Waals surface area contributed by atoms with E-state index in [0.29, 0.717) is 36.6 Å². The molecule has 3 aromatic rings. The number of benzene rings is 2. The molecule has 7 heteroatoms. The molecule has 1 saturated heterocycles. The molecule has 0 aliphatic carbocycles. The highest BCUT2D eigenvalue weighted by Gasteiger charge is 2.25. The lowest BCUT2D eigenvalue weighted by Crippen LogP contribution is -2.21. The van der Waals surface area contributed by atoms with Gasteiger partial charge < -0.3 is 18.8 Å². The van der Waals surface area contributed by atoms with E-state index < -0.39 is 12.2 Å². The van der Waals surface area contributed by atoms with Crippen LogP contribution >= 0.6 is 0 Å². The number of hydrogen-bond donors (Lipinski definition) is 1. The van der Waals surface area contributed by atoms with E-state index in [1.807, 2.05) is 43.3 Å². The van der Waals surface area contributed by atoms with Crippen molar-refractivity contribution in [1.82, 2.24) is 4.57 Å². The molecule has 0 saturated carbocycles. The van der Waals surface area contributed by atoms with Gasteiger partial charge in [0.05, 0.1) is 30.5 Å². The molecule has 0 bridgehead atoms. The predicted octanol–water partition coefficient (Wildman–Crippen LogP) is 5.06. The summed E-state index contributed by atoms with van der Waals surface area (Å²) in [6, 6.07) is 15.4. The normalized spacial score (nSPS) is 15.4. The Morgan fingerprint density at radius 3 is 2.87 bits per heavy atom. The molecule has 1 aliphatic rings. The molecular weight excluding hydrogens is 394 g/mol. The number of nitrogens with one attached hydrogen (secondary N) is 1. The van der Waals surface area contributed by atoms with Crippen LogP contribution < -0.4 is 10.1 Å². The number of methoxy groups -OCH3 is 1. The van der Waals surface area contributed by atoms with Gasteiger partial charge in [-0.2, -0.15) is 5.26 Å². The Morgan fingerprint density at radius 2 is 2.19 bits per heavy atom. The highest BCUT2D eigenvalue weighted by atomic mass is 16.6. The van der Waals surface area contributed by atoms with Gasteiger partial charge in [0.1, 0.15) is 17.6 Å². The number of aryl methyl sites for hydroxylation is 1. The molecule has 1 unspecified atom stereocenters. The zero-order chi connectivity index (χ0) is 22.0. The Bertz CT molecular complexity index is 1210. The number of rotatable bonds is 5. The summed E-state index contributed by atoms with van der Waals surface area (Å²) in [5.41, 5.74) is 3.69. The number of amides is 1. The zero-order valence-corrected chi connectivity index (χ0v) is 17.5. The smallest absolute Gasteiger partial charge is 0.412 e. The van der Waals surface area contributed by atoms with Crippen LogP contribution in [0.1, 0.15) is 18.9 Å². The molecule has 31 heavy (non-hydrogen) atoms. The highest BCUT2D eigenvalue weighted by Crippen LogP contribution is 2.36. The van der Waals surface area contributed by atoms with Crippen LogP contribution in [0.5, 0.6) is 5.75 Å². The van der Waals surface area contributed by atoms with Gasteiger partial charge in [-0.3, -0.25) is 5.32 Å². The predicted molar refractivity (Wildman–Crippen MR) is 118 cm³/mol. The maximum Gasteiger partial charge on any atom is 0.412 e. The second kappa shape index (κ2) is 8.44. The largest absolute Gasteiger partial charge is 0.497 e. The van der Waals surface area contributed by atoms with Crippen molar-refractivity contribution in [2.24, 2.45) is 0 Å². The Kier molecular flexibility index (Phi) is 5.54. The van der Waals surface area contributed by atoms with E-state index >= 15 is 0 Å². The molecule has 7 nitrogen and oxygen atoms in total. The first-order valence-corrected chi connectivity index (χ1v) is 10.1. The maximum atomic E-state index is 12.3. The summed E-state index contributed by atoms with van der Waals surface area (Å²) in [7, 11) is 1.62. The van der Waals surface area contributed by atoms with Crippen molar-refractivity contribution in [1.29, 1.82) is 5.26 Å². The van der Waals surface area contributed by atoms with Gasteiger partial charge in [0.25, 0.3) is 0 Å². The molecule has 0 radical (unpaired) electrons. The maximum absolute atomic E-state index is 12.3.